The number of amides is 1. The zero-order valence-corrected chi connectivity index (χ0v) is 11.3. The summed E-state index contributed by atoms with van der Waals surface area (Å²) in [6.07, 6.45) is 2.62. The van der Waals surface area contributed by atoms with E-state index >= 15 is 0 Å². The average molecular weight is 268 g/mol. The number of carbonyl (C=O) groups is 1. The van der Waals surface area contributed by atoms with Gasteiger partial charge in [0.15, 0.2) is 0 Å². The van der Waals surface area contributed by atoms with Gasteiger partial charge < -0.3 is 16.2 Å². The Morgan fingerprint density at radius 3 is 2.67 bits per heavy atom. The minimum Gasteiger partial charge on any atom is -0.394 e. The van der Waals surface area contributed by atoms with Crippen LogP contribution in [-0.4, -0.2) is 35.7 Å². The van der Waals surface area contributed by atoms with Crippen LogP contribution in [0.4, 0.5) is 0 Å². The highest BCUT2D eigenvalue weighted by atomic mass is 32.2. The van der Waals surface area contributed by atoms with Gasteiger partial charge in [0.05, 0.1) is 18.7 Å². The molecule has 0 heterocycles. The van der Waals surface area contributed by atoms with Crippen molar-refractivity contribution in [2.45, 2.75) is 18.5 Å². The molecule has 5 heteroatoms. The quantitative estimate of drug-likeness (QED) is 0.687. The van der Waals surface area contributed by atoms with Crippen LogP contribution in [0.5, 0.6) is 0 Å². The van der Waals surface area contributed by atoms with E-state index in [0.717, 1.165) is 11.3 Å². The predicted molar refractivity (Wildman–Crippen MR) is 75.4 cm³/mol. The maximum atomic E-state index is 11.8. The van der Waals surface area contributed by atoms with Gasteiger partial charge in [0.2, 0.25) is 5.91 Å². The third-order valence-electron chi connectivity index (χ3n) is 2.67. The Morgan fingerprint density at radius 1 is 1.44 bits per heavy atom. The molecule has 0 spiro atoms. The number of hydrogen-bond acceptors (Lipinski definition) is 4. The van der Waals surface area contributed by atoms with Crippen molar-refractivity contribution in [2.24, 2.45) is 5.73 Å². The molecule has 0 aromatic heterocycles. The molecule has 18 heavy (non-hydrogen) atoms. The highest BCUT2D eigenvalue weighted by Crippen LogP contribution is 2.12. The number of nitrogens with one attached hydrogen (secondary N) is 1. The summed E-state index contributed by atoms with van der Waals surface area (Å²) in [4.78, 5) is 11.8. The van der Waals surface area contributed by atoms with E-state index in [1.165, 1.54) is 0 Å². The molecule has 1 aromatic rings. The number of nitrogens with two attached hydrogens (primary N) is 1. The molecule has 0 aliphatic rings. The molecule has 100 valence electrons. The van der Waals surface area contributed by atoms with E-state index in [4.69, 9.17) is 5.73 Å². The third-order valence-corrected chi connectivity index (χ3v) is 3.31. The van der Waals surface area contributed by atoms with Crippen LogP contribution in [0.25, 0.3) is 0 Å². The van der Waals surface area contributed by atoms with Gasteiger partial charge in [-0.3, -0.25) is 4.79 Å². The lowest BCUT2D eigenvalue weighted by atomic mass is 10.1. The number of rotatable bonds is 7. The highest BCUT2D eigenvalue weighted by Gasteiger charge is 2.18. The van der Waals surface area contributed by atoms with E-state index in [2.05, 4.69) is 5.32 Å². The molecule has 0 saturated heterocycles. The fraction of sp³-hybridized carbons (Fsp3) is 0.462. The van der Waals surface area contributed by atoms with Crippen molar-refractivity contribution in [3.05, 3.63) is 35.9 Å². The second-order valence-corrected chi connectivity index (χ2v) is 5.03. The molecule has 0 saturated carbocycles. The molecule has 0 aliphatic heterocycles. The molecule has 0 radical (unpaired) electrons. The normalized spacial score (nSPS) is 13.9. The lowest BCUT2D eigenvalue weighted by molar-refractivity contribution is -0.123. The fourth-order valence-electron chi connectivity index (χ4n) is 1.57. The summed E-state index contributed by atoms with van der Waals surface area (Å²) >= 11 is 1.66. The first-order valence-electron chi connectivity index (χ1n) is 5.89. The molecular weight excluding hydrogens is 248 g/mol. The van der Waals surface area contributed by atoms with E-state index in [-0.39, 0.29) is 18.6 Å². The summed E-state index contributed by atoms with van der Waals surface area (Å²) in [5.41, 5.74) is 6.66. The highest BCUT2D eigenvalue weighted by molar-refractivity contribution is 7.98. The molecule has 1 amide bonds. The molecule has 4 nitrogen and oxygen atoms in total. The summed E-state index contributed by atoms with van der Waals surface area (Å²) in [5, 5.41) is 12.1. The van der Waals surface area contributed by atoms with E-state index in [1.54, 1.807) is 11.8 Å². The summed E-state index contributed by atoms with van der Waals surface area (Å²) in [5.74, 6) is 0.635. The van der Waals surface area contributed by atoms with Crippen LogP contribution in [0.2, 0.25) is 0 Å². The van der Waals surface area contributed by atoms with Crippen molar-refractivity contribution in [1.29, 1.82) is 0 Å². The van der Waals surface area contributed by atoms with Gasteiger partial charge >= 0.3 is 0 Å². The van der Waals surface area contributed by atoms with Crippen LogP contribution in [0, 0.1) is 0 Å². The van der Waals surface area contributed by atoms with E-state index in [9.17, 15) is 9.90 Å². The Labute approximate surface area is 112 Å². The second kappa shape index (κ2) is 8.13. The van der Waals surface area contributed by atoms with Crippen molar-refractivity contribution < 1.29 is 9.90 Å². The minimum absolute atomic E-state index is 0.134. The largest absolute Gasteiger partial charge is 0.394 e. The smallest absolute Gasteiger partial charge is 0.237 e. The Balaban J connectivity index is 2.56. The van der Waals surface area contributed by atoms with Crippen molar-refractivity contribution in [1.82, 2.24) is 5.32 Å². The van der Waals surface area contributed by atoms with E-state index in [1.807, 2.05) is 36.6 Å². The van der Waals surface area contributed by atoms with Crippen LogP contribution in [0.1, 0.15) is 18.0 Å². The first kappa shape index (κ1) is 15.0. The summed E-state index contributed by atoms with van der Waals surface area (Å²) in [7, 11) is 0. The Kier molecular flexibility index (Phi) is 6.78. The van der Waals surface area contributed by atoms with Gasteiger partial charge in [-0.05, 0) is 24.0 Å². The zero-order chi connectivity index (χ0) is 13.4. The van der Waals surface area contributed by atoms with Crippen LogP contribution >= 0.6 is 11.8 Å². The van der Waals surface area contributed by atoms with Crippen LogP contribution < -0.4 is 11.1 Å². The maximum Gasteiger partial charge on any atom is 0.237 e. The summed E-state index contributed by atoms with van der Waals surface area (Å²) < 4.78 is 0. The molecule has 1 rings (SSSR count). The van der Waals surface area contributed by atoms with Crippen molar-refractivity contribution in [3.63, 3.8) is 0 Å². The number of thioether (sulfide) groups is 1. The van der Waals surface area contributed by atoms with Gasteiger partial charge in [-0.2, -0.15) is 11.8 Å². The van der Waals surface area contributed by atoms with Crippen LogP contribution in [-0.2, 0) is 4.79 Å². The first-order chi connectivity index (χ1) is 8.69. The molecule has 1 unspecified atom stereocenters. The van der Waals surface area contributed by atoms with Gasteiger partial charge in [0, 0.05) is 0 Å². The SMILES string of the molecule is CSCC[C@@H](N)C(=O)NC(CO)c1ccccc1. The summed E-state index contributed by atoms with van der Waals surface area (Å²) in [6.45, 7) is -0.134. The Bertz CT molecular complexity index is 359. The topological polar surface area (TPSA) is 75.4 Å². The lowest BCUT2D eigenvalue weighted by Crippen LogP contribution is -2.43. The first-order valence-corrected chi connectivity index (χ1v) is 7.29. The maximum absolute atomic E-state index is 11.8. The number of benzene rings is 1. The van der Waals surface area contributed by atoms with Gasteiger partial charge in [0.25, 0.3) is 0 Å². The van der Waals surface area contributed by atoms with Crippen LogP contribution in [0.3, 0.4) is 0 Å². The molecule has 4 N–H and O–H groups in total. The molecule has 2 atom stereocenters. The predicted octanol–water partition coefficient (Wildman–Crippen LogP) is 0.917. The van der Waals surface area contributed by atoms with Crippen molar-refractivity contribution >= 4 is 17.7 Å². The number of hydrogen-bond donors (Lipinski definition) is 3. The van der Waals surface area contributed by atoms with Gasteiger partial charge in [-0.1, -0.05) is 30.3 Å². The lowest BCUT2D eigenvalue weighted by Gasteiger charge is -2.19. The molecular formula is C13H20N2O2S. The van der Waals surface area contributed by atoms with E-state index in [0.29, 0.717) is 6.42 Å². The molecule has 0 aliphatic carbocycles. The average Bonchev–Trinajstić information content (AvgIpc) is 2.42. The van der Waals surface area contributed by atoms with Crippen LogP contribution in [0.15, 0.2) is 30.3 Å². The van der Waals surface area contributed by atoms with Gasteiger partial charge in [-0.25, -0.2) is 0 Å². The van der Waals surface area contributed by atoms with Gasteiger partial charge in [-0.15, -0.1) is 0 Å². The van der Waals surface area contributed by atoms with E-state index < -0.39 is 6.04 Å². The second-order valence-electron chi connectivity index (χ2n) is 4.04. The molecule has 0 fully saturated rings. The molecule has 0 bridgehead atoms. The summed E-state index contributed by atoms with van der Waals surface area (Å²) in [6, 6.07) is 8.47. The fourth-order valence-corrected chi connectivity index (χ4v) is 2.06. The Morgan fingerprint density at radius 2 is 2.11 bits per heavy atom. The number of aliphatic hydroxyl groups excluding tert-OH is 1. The zero-order valence-electron chi connectivity index (χ0n) is 10.5. The molecule has 1 aromatic carbocycles. The van der Waals surface area contributed by atoms with Gasteiger partial charge in [0.1, 0.15) is 0 Å². The minimum atomic E-state index is -0.518. The van der Waals surface area contributed by atoms with Crippen molar-refractivity contribution in [2.75, 3.05) is 18.6 Å². The van der Waals surface area contributed by atoms with Crippen molar-refractivity contribution in [3.8, 4) is 0 Å². The standard InChI is InChI=1S/C13H20N2O2S/c1-18-8-7-11(14)13(17)15-12(9-16)10-5-3-2-4-6-10/h2-6,11-12,16H,7-9,14H2,1H3,(H,15,17)/t11-,12?/m1/s1. The third kappa shape index (κ3) is 4.68. The number of carbonyl (C=O) groups excluding carboxylic acids is 1. The Hall–Kier alpha value is -1.04. The number of aliphatic hydroxyl groups is 1. The monoisotopic (exact) mass is 268 g/mol.